The number of rotatable bonds is 10. The Balaban J connectivity index is 1.35. The Morgan fingerprint density at radius 3 is 2.27 bits per heavy atom. The third-order valence-electron chi connectivity index (χ3n) is 6.79. The highest BCUT2D eigenvalue weighted by atomic mass is 32.1. The third kappa shape index (κ3) is 7.23. The van der Waals surface area contributed by atoms with Gasteiger partial charge in [-0.3, -0.25) is 9.59 Å². The van der Waals surface area contributed by atoms with Crippen molar-refractivity contribution in [1.29, 1.82) is 0 Å². The maximum absolute atomic E-state index is 12.5. The van der Waals surface area contributed by atoms with E-state index in [2.05, 4.69) is 27.1 Å². The summed E-state index contributed by atoms with van der Waals surface area (Å²) in [7, 11) is 0. The SMILES string of the molecule is O=C(O)CCNC(=O)c1ccc(CN(c2nc(-c3ccc(OC(F)(F)F)cc3)cs2)C2Cc3ccccc3C2)cc1. The number of benzene rings is 3. The summed E-state index contributed by atoms with van der Waals surface area (Å²) >= 11 is 1.46. The summed E-state index contributed by atoms with van der Waals surface area (Å²) in [4.78, 5) is 30.1. The first-order chi connectivity index (χ1) is 19.6. The minimum atomic E-state index is -4.75. The molecule has 1 aromatic heterocycles. The Hall–Kier alpha value is -4.38. The van der Waals surface area contributed by atoms with Crippen LogP contribution in [0.3, 0.4) is 0 Å². The molecule has 0 aliphatic heterocycles. The highest BCUT2D eigenvalue weighted by molar-refractivity contribution is 7.14. The fourth-order valence-electron chi connectivity index (χ4n) is 4.81. The number of halogens is 3. The van der Waals surface area contributed by atoms with Gasteiger partial charge in [0, 0.05) is 35.6 Å². The summed E-state index contributed by atoms with van der Waals surface area (Å²) in [6, 6.07) is 21.3. The fraction of sp³-hybridized carbons (Fsp3) is 0.233. The molecule has 0 bridgehead atoms. The number of hydrogen-bond acceptors (Lipinski definition) is 6. The van der Waals surface area contributed by atoms with Gasteiger partial charge in [-0.15, -0.1) is 24.5 Å². The number of aliphatic carboxylic acids is 1. The number of nitrogens with zero attached hydrogens (tertiary/aromatic N) is 2. The molecule has 1 amide bonds. The molecule has 0 atom stereocenters. The molecule has 4 aromatic rings. The molecule has 0 unspecified atom stereocenters. The lowest BCUT2D eigenvalue weighted by molar-refractivity contribution is -0.274. The number of aromatic nitrogens is 1. The highest BCUT2D eigenvalue weighted by Gasteiger charge is 2.31. The first kappa shape index (κ1) is 28.2. The third-order valence-corrected chi connectivity index (χ3v) is 7.66. The van der Waals surface area contributed by atoms with Crippen molar-refractivity contribution in [2.75, 3.05) is 11.4 Å². The number of thiazole rings is 1. The van der Waals surface area contributed by atoms with Crippen LogP contribution in [0.2, 0.25) is 0 Å². The Kier molecular flexibility index (Phi) is 8.25. The molecular weight excluding hydrogens is 555 g/mol. The van der Waals surface area contributed by atoms with E-state index in [1.807, 2.05) is 29.6 Å². The smallest absolute Gasteiger partial charge is 0.481 e. The van der Waals surface area contributed by atoms with Crippen molar-refractivity contribution in [1.82, 2.24) is 10.3 Å². The van der Waals surface area contributed by atoms with E-state index >= 15 is 0 Å². The normalized spacial score (nSPS) is 13.0. The van der Waals surface area contributed by atoms with Crippen molar-refractivity contribution in [2.24, 2.45) is 0 Å². The fourth-order valence-corrected chi connectivity index (χ4v) is 5.71. The van der Waals surface area contributed by atoms with E-state index in [-0.39, 0.29) is 30.7 Å². The molecule has 0 saturated heterocycles. The van der Waals surface area contributed by atoms with Crippen LogP contribution in [0.15, 0.2) is 78.2 Å². The van der Waals surface area contributed by atoms with Crippen molar-refractivity contribution in [2.45, 2.75) is 38.2 Å². The number of amides is 1. The van der Waals surface area contributed by atoms with Crippen LogP contribution in [-0.2, 0) is 24.2 Å². The molecule has 11 heteroatoms. The zero-order valence-corrected chi connectivity index (χ0v) is 22.5. The Morgan fingerprint density at radius 2 is 1.66 bits per heavy atom. The number of carboxylic acid groups (broad SMARTS) is 1. The zero-order valence-electron chi connectivity index (χ0n) is 21.7. The number of hydrogen-bond donors (Lipinski definition) is 2. The molecule has 7 nitrogen and oxygen atoms in total. The van der Waals surface area contributed by atoms with Crippen LogP contribution >= 0.6 is 11.3 Å². The summed E-state index contributed by atoms with van der Waals surface area (Å²) in [6.45, 7) is 0.585. The lowest BCUT2D eigenvalue weighted by atomic mass is 10.1. The second-order valence-electron chi connectivity index (χ2n) is 9.64. The van der Waals surface area contributed by atoms with Crippen molar-refractivity contribution in [3.05, 3.63) is 100 Å². The summed E-state index contributed by atoms with van der Waals surface area (Å²) in [5, 5.41) is 14.0. The molecule has 0 radical (unpaired) electrons. The second kappa shape index (κ2) is 12.0. The van der Waals surface area contributed by atoms with Gasteiger partial charge in [-0.25, -0.2) is 4.98 Å². The van der Waals surface area contributed by atoms with Crippen LogP contribution in [0.4, 0.5) is 18.3 Å². The van der Waals surface area contributed by atoms with Gasteiger partial charge >= 0.3 is 12.3 Å². The van der Waals surface area contributed by atoms with Crippen molar-refractivity contribution >= 4 is 28.3 Å². The predicted octanol–water partition coefficient (Wildman–Crippen LogP) is 6.09. The quantitative estimate of drug-likeness (QED) is 0.236. The van der Waals surface area contributed by atoms with Gasteiger partial charge < -0.3 is 20.1 Å². The van der Waals surface area contributed by atoms with E-state index in [1.54, 1.807) is 24.3 Å². The first-order valence-electron chi connectivity index (χ1n) is 12.9. The van der Waals surface area contributed by atoms with Gasteiger partial charge in [-0.05, 0) is 65.9 Å². The van der Waals surface area contributed by atoms with Crippen LogP contribution in [0.25, 0.3) is 11.3 Å². The zero-order chi connectivity index (χ0) is 29.0. The summed E-state index contributed by atoms with van der Waals surface area (Å²) in [6.07, 6.45) is -3.21. The van der Waals surface area contributed by atoms with Crippen molar-refractivity contribution < 1.29 is 32.6 Å². The molecule has 212 valence electrons. The lowest BCUT2D eigenvalue weighted by Crippen LogP contribution is -2.35. The van der Waals surface area contributed by atoms with Crippen molar-refractivity contribution in [3.63, 3.8) is 0 Å². The van der Waals surface area contributed by atoms with E-state index in [0.29, 0.717) is 23.4 Å². The van der Waals surface area contributed by atoms with Crippen molar-refractivity contribution in [3.8, 4) is 17.0 Å². The Morgan fingerprint density at radius 1 is 1.00 bits per heavy atom. The van der Waals surface area contributed by atoms with Gasteiger partial charge in [0.05, 0.1) is 12.1 Å². The average Bonchev–Trinajstić information content (AvgIpc) is 3.59. The Labute approximate surface area is 238 Å². The number of ether oxygens (including phenoxy) is 1. The van der Waals surface area contributed by atoms with Gasteiger partial charge in [0.2, 0.25) is 0 Å². The van der Waals surface area contributed by atoms with Gasteiger partial charge in [0.25, 0.3) is 5.91 Å². The molecule has 1 aliphatic rings. The molecular formula is C30H26F3N3O4S. The molecule has 0 fully saturated rings. The van der Waals surface area contributed by atoms with E-state index in [1.165, 1.54) is 34.6 Å². The molecule has 1 heterocycles. The minimum Gasteiger partial charge on any atom is -0.481 e. The average molecular weight is 582 g/mol. The van der Waals surface area contributed by atoms with Gasteiger partial charge in [-0.2, -0.15) is 0 Å². The monoisotopic (exact) mass is 581 g/mol. The van der Waals surface area contributed by atoms with E-state index < -0.39 is 12.3 Å². The molecule has 5 rings (SSSR count). The lowest BCUT2D eigenvalue weighted by Gasteiger charge is -2.29. The predicted molar refractivity (Wildman–Crippen MR) is 149 cm³/mol. The first-order valence-corrected chi connectivity index (χ1v) is 13.8. The van der Waals surface area contributed by atoms with E-state index in [9.17, 15) is 22.8 Å². The number of nitrogens with one attached hydrogen (secondary N) is 1. The van der Waals surface area contributed by atoms with Gasteiger partial charge in [0.1, 0.15) is 5.75 Å². The van der Waals surface area contributed by atoms with E-state index in [0.717, 1.165) is 23.5 Å². The molecule has 0 spiro atoms. The number of carbonyl (C=O) groups excluding carboxylic acids is 1. The van der Waals surface area contributed by atoms with Crippen LogP contribution in [0, 0.1) is 0 Å². The van der Waals surface area contributed by atoms with Gasteiger partial charge in [0.15, 0.2) is 5.13 Å². The maximum Gasteiger partial charge on any atom is 0.573 e. The van der Waals surface area contributed by atoms with E-state index in [4.69, 9.17) is 10.1 Å². The molecule has 2 N–H and O–H groups in total. The minimum absolute atomic E-state index is 0.0520. The number of anilines is 1. The molecule has 41 heavy (non-hydrogen) atoms. The second-order valence-corrected chi connectivity index (χ2v) is 10.5. The number of fused-ring (bicyclic) bond motifs is 1. The highest BCUT2D eigenvalue weighted by Crippen LogP contribution is 2.35. The topological polar surface area (TPSA) is 91.8 Å². The molecule has 3 aromatic carbocycles. The van der Waals surface area contributed by atoms with Gasteiger partial charge in [-0.1, -0.05) is 36.4 Å². The summed E-state index contributed by atoms with van der Waals surface area (Å²) in [5.41, 5.74) is 5.30. The largest absolute Gasteiger partial charge is 0.573 e. The van der Waals surface area contributed by atoms with Crippen LogP contribution in [0.5, 0.6) is 5.75 Å². The van der Waals surface area contributed by atoms with Crippen LogP contribution in [0.1, 0.15) is 33.5 Å². The molecule has 1 aliphatic carbocycles. The summed E-state index contributed by atoms with van der Waals surface area (Å²) < 4.78 is 41.6. The number of alkyl halides is 3. The number of carbonyl (C=O) groups is 2. The Bertz CT molecular complexity index is 1500. The standard InChI is InChI=1S/C30H26F3N3O4S/c31-30(32,33)40-25-11-9-20(10-12-25)26-18-41-29(35-26)36(24-15-22-3-1-2-4-23(22)16-24)17-19-5-7-21(8-6-19)28(39)34-14-13-27(37)38/h1-12,18,24H,13-17H2,(H,34,39)(H,37,38). The number of carboxylic acids is 1. The summed E-state index contributed by atoms with van der Waals surface area (Å²) in [5.74, 6) is -1.61. The van der Waals surface area contributed by atoms with Crippen LogP contribution in [-0.4, -0.2) is 40.9 Å². The maximum atomic E-state index is 12.5. The molecule has 0 saturated carbocycles. The van der Waals surface area contributed by atoms with Crippen LogP contribution < -0.4 is 15.0 Å².